The van der Waals surface area contributed by atoms with Gasteiger partial charge in [-0.05, 0) is 0 Å². The van der Waals surface area contributed by atoms with Crippen molar-refractivity contribution in [3.05, 3.63) is 0 Å². The van der Waals surface area contributed by atoms with E-state index in [1.165, 1.54) is 0 Å². The number of nitrogens with one attached hydrogen (secondary N) is 1. The Balaban J connectivity index is 2.95. The van der Waals surface area contributed by atoms with E-state index in [2.05, 4.69) is 0 Å². The van der Waals surface area contributed by atoms with Crippen LogP contribution in [0.15, 0.2) is 0 Å². The molecule has 1 N–H and O–H groups in total. The third-order valence-corrected chi connectivity index (χ3v) is 0.252. The first-order valence-corrected chi connectivity index (χ1v) is 1.45. The van der Waals surface area contributed by atoms with E-state index >= 15 is 0 Å². The van der Waals surface area contributed by atoms with E-state index in [1.54, 1.807) is 0 Å². The van der Waals surface area contributed by atoms with Crippen LogP contribution in [0.1, 0.15) is 0 Å². The molecule has 0 aromatic heterocycles. The molecule has 0 saturated heterocycles. The molecule has 0 saturated carbocycles. The normalized spacial score (nSPS) is 11.1. The van der Waals surface area contributed by atoms with Gasteiger partial charge >= 0.3 is 0 Å². The summed E-state index contributed by atoms with van der Waals surface area (Å²) in [6, 6.07) is 0. The molecule has 0 bridgehead atoms. The maximum absolute atomic E-state index is 10.7. The maximum atomic E-state index is 10.7. The van der Waals surface area contributed by atoms with Crippen LogP contribution in [0, 0.1) is 0 Å². The van der Waals surface area contributed by atoms with E-state index in [1.807, 2.05) is 0 Å². The lowest BCUT2D eigenvalue weighted by Crippen LogP contribution is -2.25. The Labute approximate surface area is 37.3 Å². The predicted octanol–water partition coefficient (Wildman–Crippen LogP) is 1.02. The predicted molar refractivity (Wildman–Crippen MR) is 15.1 cm³/mol. The lowest BCUT2D eigenvalue weighted by Gasteiger charge is -1.96. The molecule has 5 heteroatoms. The van der Waals surface area contributed by atoms with Crippen LogP contribution >= 0.6 is 0 Å². The van der Waals surface area contributed by atoms with Crippen molar-refractivity contribution >= 4 is 0 Å². The first-order valence-electron chi connectivity index (χ1n) is 1.45. The van der Waals surface area contributed by atoms with Crippen LogP contribution in [0.4, 0.5) is 17.6 Å². The van der Waals surface area contributed by atoms with Crippen molar-refractivity contribution in [1.82, 2.24) is 5.32 Å². The fraction of sp³-hybridized carbons (Fsp3) is 1.00. The molecule has 0 heterocycles. The number of halogens is 4. The van der Waals surface area contributed by atoms with E-state index in [4.69, 9.17) is 0 Å². The summed E-state index contributed by atoms with van der Waals surface area (Å²) in [6.07, 6.45) is 0. The molecule has 0 aromatic carbocycles. The van der Waals surface area contributed by atoms with Gasteiger partial charge in [-0.3, -0.25) is 0 Å². The van der Waals surface area contributed by atoms with Gasteiger partial charge in [-0.25, -0.2) is 5.32 Å². The summed E-state index contributed by atoms with van der Waals surface area (Å²) < 4.78 is 42.8. The van der Waals surface area contributed by atoms with E-state index in [-0.39, 0.29) is 0 Å². The van der Waals surface area contributed by atoms with Crippen molar-refractivity contribution in [3.8, 4) is 0 Å². The summed E-state index contributed by atoms with van der Waals surface area (Å²) in [7, 11) is 0. The van der Waals surface area contributed by atoms with E-state index in [9.17, 15) is 17.6 Å². The Morgan fingerprint density at radius 3 is 1.14 bits per heavy atom. The number of hydrogen-bond donors (Lipinski definition) is 1. The minimum Gasteiger partial charge on any atom is -0.203 e. The molecule has 0 atom stereocenters. The smallest absolute Gasteiger partial charge is 0.203 e. The highest BCUT2D eigenvalue weighted by atomic mass is 19.3. The van der Waals surface area contributed by atoms with Crippen LogP contribution < -0.4 is 5.32 Å². The summed E-state index contributed by atoms with van der Waals surface area (Å²) in [4.78, 5) is 0. The monoisotopic (exact) mass is 117 g/mol. The molecular weight excluding hydrogens is 114 g/mol. The van der Waals surface area contributed by atoms with Crippen molar-refractivity contribution in [2.24, 2.45) is 0 Å². The van der Waals surface area contributed by atoms with Crippen molar-refractivity contribution in [3.63, 3.8) is 0 Å². The summed E-state index contributed by atoms with van der Waals surface area (Å²) >= 11 is 0. The molecular formula is C2H3F4N. The molecule has 0 fully saturated rings. The second-order valence-corrected chi connectivity index (χ2v) is 0.768. The zero-order chi connectivity index (χ0) is 5.86. The summed E-state index contributed by atoms with van der Waals surface area (Å²) in [5, 5.41) is 0.639. The van der Waals surface area contributed by atoms with Crippen LogP contribution in [0.2, 0.25) is 0 Å². The van der Waals surface area contributed by atoms with Crippen LogP contribution in [0.5, 0.6) is 0 Å². The van der Waals surface area contributed by atoms with Crippen molar-refractivity contribution < 1.29 is 17.6 Å². The minimum atomic E-state index is -3.13. The number of hydrogen-bond acceptors (Lipinski definition) is 1. The largest absolute Gasteiger partial charge is 0.296 e. The Kier molecular flexibility index (Phi) is 2.66. The first-order chi connectivity index (χ1) is 3.13. The summed E-state index contributed by atoms with van der Waals surface area (Å²) in [6.45, 7) is -6.25. The molecule has 0 unspecified atom stereocenters. The lowest BCUT2D eigenvalue weighted by molar-refractivity contribution is 0.00366. The molecule has 44 valence electrons. The molecule has 7 heavy (non-hydrogen) atoms. The topological polar surface area (TPSA) is 12.0 Å². The van der Waals surface area contributed by atoms with Gasteiger partial charge in [0, 0.05) is 0 Å². The minimum absolute atomic E-state index is 0.639. The van der Waals surface area contributed by atoms with Gasteiger partial charge in [0.25, 0.3) is 13.1 Å². The van der Waals surface area contributed by atoms with E-state index < -0.39 is 13.1 Å². The molecule has 0 aliphatic heterocycles. The molecule has 0 aliphatic rings. The van der Waals surface area contributed by atoms with Gasteiger partial charge in [0.1, 0.15) is 0 Å². The van der Waals surface area contributed by atoms with Gasteiger partial charge in [0.2, 0.25) is 0 Å². The Morgan fingerprint density at radius 2 is 1.14 bits per heavy atom. The zero-order valence-electron chi connectivity index (χ0n) is 3.17. The van der Waals surface area contributed by atoms with Gasteiger partial charge in [0.05, 0.1) is 0 Å². The van der Waals surface area contributed by atoms with Gasteiger partial charge < -0.3 is 0 Å². The highest BCUT2D eigenvalue weighted by molar-refractivity contribution is 4.30. The van der Waals surface area contributed by atoms with Crippen LogP contribution in [0.3, 0.4) is 0 Å². The van der Waals surface area contributed by atoms with E-state index in [0.717, 1.165) is 0 Å². The van der Waals surface area contributed by atoms with Crippen LogP contribution in [-0.2, 0) is 0 Å². The molecule has 0 spiro atoms. The lowest BCUT2D eigenvalue weighted by atomic mass is 11.1. The Bertz CT molecular complexity index is 39.0. The molecule has 0 radical (unpaired) electrons. The molecule has 0 aliphatic carbocycles. The van der Waals surface area contributed by atoms with Gasteiger partial charge in [-0.15, -0.1) is 0 Å². The fourth-order valence-electron chi connectivity index (χ4n) is 0.0952. The van der Waals surface area contributed by atoms with Crippen molar-refractivity contribution in [1.29, 1.82) is 0 Å². The fourth-order valence-corrected chi connectivity index (χ4v) is 0.0952. The van der Waals surface area contributed by atoms with E-state index in [0.29, 0.717) is 5.32 Å². The molecule has 0 amide bonds. The first kappa shape index (κ1) is 6.68. The second-order valence-electron chi connectivity index (χ2n) is 0.768. The van der Waals surface area contributed by atoms with Crippen LogP contribution in [-0.4, -0.2) is 13.1 Å². The molecule has 0 rings (SSSR count). The quantitative estimate of drug-likeness (QED) is 0.420. The molecule has 0 aromatic rings. The second kappa shape index (κ2) is 2.79. The average Bonchev–Trinajstić information content (AvgIpc) is 1.27. The van der Waals surface area contributed by atoms with Gasteiger partial charge in [0.15, 0.2) is 0 Å². The summed E-state index contributed by atoms with van der Waals surface area (Å²) in [5.41, 5.74) is 0. The average molecular weight is 117 g/mol. The summed E-state index contributed by atoms with van der Waals surface area (Å²) in [5.74, 6) is 0. The van der Waals surface area contributed by atoms with Crippen molar-refractivity contribution in [2.75, 3.05) is 0 Å². The highest BCUT2D eigenvalue weighted by Crippen LogP contribution is 1.91. The number of alkyl halides is 4. The van der Waals surface area contributed by atoms with Crippen molar-refractivity contribution in [2.45, 2.75) is 13.1 Å². The maximum Gasteiger partial charge on any atom is 0.296 e. The number of rotatable bonds is 2. The third kappa shape index (κ3) is 5.68. The SMILES string of the molecule is FC(F)NC(F)F. The van der Waals surface area contributed by atoms with Gasteiger partial charge in [-0.1, -0.05) is 0 Å². The van der Waals surface area contributed by atoms with Crippen LogP contribution in [0.25, 0.3) is 0 Å². The van der Waals surface area contributed by atoms with Gasteiger partial charge in [-0.2, -0.15) is 17.6 Å². The highest BCUT2D eigenvalue weighted by Gasteiger charge is 2.07. The Hall–Kier alpha value is -0.320. The Morgan fingerprint density at radius 1 is 0.857 bits per heavy atom. The third-order valence-electron chi connectivity index (χ3n) is 0.252. The molecule has 1 nitrogen and oxygen atoms in total. The standard InChI is InChI=1S/C2H3F4N/c3-1(4)7-2(5)6/h1-2,7H. The zero-order valence-corrected chi connectivity index (χ0v) is 3.17.